The molecule has 5 nitrogen and oxygen atoms in total. The van der Waals surface area contributed by atoms with Crippen molar-refractivity contribution in [3.8, 4) is 5.75 Å². The predicted octanol–water partition coefficient (Wildman–Crippen LogP) is 5.36. The maximum absolute atomic E-state index is 13.9. The number of carbonyl (C=O) groups is 1. The van der Waals surface area contributed by atoms with E-state index in [4.69, 9.17) is 4.74 Å². The van der Waals surface area contributed by atoms with Crippen LogP contribution in [0.25, 0.3) is 0 Å². The third-order valence-corrected chi connectivity index (χ3v) is 5.07. The number of aromatic nitrogens is 1. The van der Waals surface area contributed by atoms with Crippen LogP contribution >= 0.6 is 27.3 Å². The first-order chi connectivity index (χ1) is 12.5. The van der Waals surface area contributed by atoms with E-state index in [0.717, 1.165) is 5.69 Å². The Labute approximate surface area is 162 Å². The molecule has 1 amide bonds. The van der Waals surface area contributed by atoms with Crippen LogP contribution in [0, 0.1) is 12.7 Å². The highest BCUT2D eigenvalue weighted by atomic mass is 79.9. The number of nitrogens with one attached hydrogen (secondary N) is 2. The zero-order chi connectivity index (χ0) is 18.7. The summed E-state index contributed by atoms with van der Waals surface area (Å²) in [5.41, 5.74) is 1.48. The first kappa shape index (κ1) is 18.3. The molecule has 2 N–H and O–H groups in total. The molecule has 0 aliphatic heterocycles. The van der Waals surface area contributed by atoms with Crippen molar-refractivity contribution in [2.75, 3.05) is 17.7 Å². The summed E-state index contributed by atoms with van der Waals surface area (Å²) >= 11 is 4.38. The summed E-state index contributed by atoms with van der Waals surface area (Å²) in [5, 5.41) is 6.29. The Bertz CT molecular complexity index is 961. The van der Waals surface area contributed by atoms with Crippen LogP contribution in [0.5, 0.6) is 5.75 Å². The van der Waals surface area contributed by atoms with Crippen molar-refractivity contribution >= 4 is 49.7 Å². The first-order valence-electron chi connectivity index (χ1n) is 7.61. The average Bonchev–Trinajstić information content (AvgIpc) is 2.98. The van der Waals surface area contributed by atoms with E-state index >= 15 is 0 Å². The van der Waals surface area contributed by atoms with Crippen LogP contribution in [0.3, 0.4) is 0 Å². The fourth-order valence-corrected chi connectivity index (χ4v) is 3.47. The summed E-state index contributed by atoms with van der Waals surface area (Å²) in [4.78, 5) is 17.3. The highest BCUT2D eigenvalue weighted by Crippen LogP contribution is 2.28. The molecule has 0 saturated carbocycles. The molecule has 0 unspecified atom stereocenters. The second-order valence-corrected chi connectivity index (χ2v) is 7.28. The zero-order valence-electron chi connectivity index (χ0n) is 14.0. The largest absolute Gasteiger partial charge is 0.497 e. The summed E-state index contributed by atoms with van der Waals surface area (Å²) in [5.74, 6) is -0.198. The number of rotatable bonds is 5. The third-order valence-electron chi connectivity index (χ3n) is 3.50. The Balaban J connectivity index is 1.77. The zero-order valence-corrected chi connectivity index (χ0v) is 16.4. The van der Waals surface area contributed by atoms with E-state index < -0.39 is 11.7 Å². The Hall–Kier alpha value is -2.45. The van der Waals surface area contributed by atoms with Crippen LogP contribution in [-0.4, -0.2) is 18.0 Å². The molecule has 0 bridgehead atoms. The maximum atomic E-state index is 13.9. The third kappa shape index (κ3) is 4.20. The van der Waals surface area contributed by atoms with E-state index in [0.29, 0.717) is 25.9 Å². The minimum atomic E-state index is -0.510. The van der Waals surface area contributed by atoms with Gasteiger partial charge >= 0.3 is 0 Å². The number of amides is 1. The van der Waals surface area contributed by atoms with Crippen molar-refractivity contribution in [3.63, 3.8) is 0 Å². The SMILES string of the molecule is COc1cccc(Nc2nc(C)c(C(=O)Nc3ccc(Br)cc3F)s2)c1. The smallest absolute Gasteiger partial charge is 0.267 e. The molecule has 3 aromatic rings. The molecule has 0 saturated heterocycles. The van der Waals surface area contributed by atoms with E-state index in [1.807, 2.05) is 24.3 Å². The molecule has 2 aromatic carbocycles. The number of thiazole rings is 1. The van der Waals surface area contributed by atoms with Crippen LogP contribution in [0.15, 0.2) is 46.9 Å². The van der Waals surface area contributed by atoms with Crippen LogP contribution in [0.2, 0.25) is 0 Å². The van der Waals surface area contributed by atoms with E-state index in [1.54, 1.807) is 20.1 Å². The van der Waals surface area contributed by atoms with Gasteiger partial charge in [-0.2, -0.15) is 0 Å². The number of ether oxygens (including phenoxy) is 1. The minimum absolute atomic E-state index is 0.119. The fourth-order valence-electron chi connectivity index (χ4n) is 2.25. The average molecular weight is 436 g/mol. The molecular weight excluding hydrogens is 421 g/mol. The molecule has 0 aliphatic rings. The number of aryl methyl sites for hydroxylation is 1. The maximum Gasteiger partial charge on any atom is 0.267 e. The van der Waals surface area contributed by atoms with Gasteiger partial charge in [0, 0.05) is 16.2 Å². The topological polar surface area (TPSA) is 63.2 Å². The van der Waals surface area contributed by atoms with Gasteiger partial charge in [0.2, 0.25) is 0 Å². The number of halogens is 2. The normalized spacial score (nSPS) is 10.5. The predicted molar refractivity (Wildman–Crippen MR) is 105 cm³/mol. The standard InChI is InChI=1S/C18H15BrFN3O2S/c1-10-16(17(24)23-15-7-6-11(19)8-14(15)20)26-18(21-10)22-12-4-3-5-13(9-12)25-2/h3-9H,1-2H3,(H,21,22)(H,23,24). The van der Waals surface area contributed by atoms with Gasteiger partial charge in [-0.3, -0.25) is 4.79 Å². The molecule has 1 aromatic heterocycles. The molecule has 0 spiro atoms. The summed E-state index contributed by atoms with van der Waals surface area (Å²) in [6.45, 7) is 1.74. The van der Waals surface area contributed by atoms with Gasteiger partial charge in [0.25, 0.3) is 5.91 Å². The van der Waals surface area contributed by atoms with Gasteiger partial charge in [0.15, 0.2) is 5.13 Å². The summed E-state index contributed by atoms with van der Waals surface area (Å²) < 4.78 is 19.7. The lowest BCUT2D eigenvalue weighted by Gasteiger charge is -2.06. The number of methoxy groups -OCH3 is 1. The summed E-state index contributed by atoms with van der Waals surface area (Å²) in [7, 11) is 1.59. The van der Waals surface area contributed by atoms with Crippen molar-refractivity contribution in [1.29, 1.82) is 0 Å². The molecule has 0 aliphatic carbocycles. The lowest BCUT2D eigenvalue weighted by molar-refractivity contribution is 0.102. The van der Waals surface area contributed by atoms with E-state index in [9.17, 15) is 9.18 Å². The Morgan fingerprint density at radius 2 is 2.08 bits per heavy atom. The van der Waals surface area contributed by atoms with Crippen molar-refractivity contribution in [2.24, 2.45) is 0 Å². The number of anilines is 3. The lowest BCUT2D eigenvalue weighted by atomic mass is 10.3. The Morgan fingerprint density at radius 1 is 1.27 bits per heavy atom. The Morgan fingerprint density at radius 3 is 2.81 bits per heavy atom. The van der Waals surface area contributed by atoms with E-state index in [2.05, 4.69) is 31.5 Å². The first-order valence-corrected chi connectivity index (χ1v) is 9.22. The molecule has 26 heavy (non-hydrogen) atoms. The van der Waals surface area contributed by atoms with Crippen LogP contribution in [0.1, 0.15) is 15.4 Å². The van der Waals surface area contributed by atoms with Crippen LogP contribution in [0.4, 0.5) is 20.9 Å². The van der Waals surface area contributed by atoms with Crippen molar-refractivity contribution in [1.82, 2.24) is 4.98 Å². The number of carbonyl (C=O) groups excluding carboxylic acids is 1. The van der Waals surface area contributed by atoms with Gasteiger partial charge in [-0.15, -0.1) is 0 Å². The van der Waals surface area contributed by atoms with Crippen LogP contribution < -0.4 is 15.4 Å². The van der Waals surface area contributed by atoms with Gasteiger partial charge in [-0.05, 0) is 37.3 Å². The molecule has 134 valence electrons. The number of hydrogen-bond acceptors (Lipinski definition) is 5. The highest BCUT2D eigenvalue weighted by Gasteiger charge is 2.17. The van der Waals surface area contributed by atoms with E-state index in [1.165, 1.54) is 23.5 Å². The molecule has 3 rings (SSSR count). The van der Waals surface area contributed by atoms with Gasteiger partial charge in [-0.1, -0.05) is 33.3 Å². The molecule has 0 fully saturated rings. The van der Waals surface area contributed by atoms with Gasteiger partial charge in [0.05, 0.1) is 18.5 Å². The molecule has 1 heterocycles. The molecule has 0 radical (unpaired) electrons. The summed E-state index contributed by atoms with van der Waals surface area (Å²) in [6, 6.07) is 11.8. The number of benzene rings is 2. The van der Waals surface area contributed by atoms with Crippen molar-refractivity contribution < 1.29 is 13.9 Å². The van der Waals surface area contributed by atoms with Gasteiger partial charge < -0.3 is 15.4 Å². The lowest BCUT2D eigenvalue weighted by Crippen LogP contribution is -2.12. The van der Waals surface area contributed by atoms with Gasteiger partial charge in [0.1, 0.15) is 16.4 Å². The quantitative estimate of drug-likeness (QED) is 0.566. The fraction of sp³-hybridized carbons (Fsp3) is 0.111. The van der Waals surface area contributed by atoms with E-state index in [-0.39, 0.29) is 5.69 Å². The summed E-state index contributed by atoms with van der Waals surface area (Å²) in [6.07, 6.45) is 0. The monoisotopic (exact) mass is 435 g/mol. The Kier molecular flexibility index (Phi) is 5.53. The molecule has 0 atom stereocenters. The molecular formula is C18H15BrFN3O2S. The highest BCUT2D eigenvalue weighted by molar-refractivity contribution is 9.10. The minimum Gasteiger partial charge on any atom is -0.497 e. The number of hydrogen-bond donors (Lipinski definition) is 2. The van der Waals surface area contributed by atoms with Gasteiger partial charge in [-0.25, -0.2) is 9.37 Å². The number of nitrogens with zero attached hydrogens (tertiary/aromatic N) is 1. The second kappa shape index (κ2) is 7.84. The second-order valence-electron chi connectivity index (χ2n) is 5.37. The van der Waals surface area contributed by atoms with Crippen molar-refractivity contribution in [3.05, 3.63) is 63.3 Å². The van der Waals surface area contributed by atoms with Crippen molar-refractivity contribution in [2.45, 2.75) is 6.92 Å². The molecule has 8 heteroatoms. The van der Waals surface area contributed by atoms with Crippen LogP contribution in [-0.2, 0) is 0 Å².